The molecule has 0 N–H and O–H groups in total. The number of hydrogen-bond donors (Lipinski definition) is 0. The monoisotopic (exact) mass is 357 g/mol. The van der Waals surface area contributed by atoms with E-state index in [9.17, 15) is 13.6 Å². The van der Waals surface area contributed by atoms with Crippen LogP contribution in [0.4, 0.5) is 8.78 Å². The van der Waals surface area contributed by atoms with Gasteiger partial charge in [0.2, 0.25) is 0 Å². The molecule has 3 rings (SSSR count). The van der Waals surface area contributed by atoms with E-state index in [4.69, 9.17) is 0 Å². The third-order valence-electron chi connectivity index (χ3n) is 4.54. The van der Waals surface area contributed by atoms with Gasteiger partial charge >= 0.3 is 0 Å². The van der Waals surface area contributed by atoms with Crippen molar-refractivity contribution in [2.45, 2.75) is 19.4 Å². The quantitative estimate of drug-likeness (QED) is 0.820. The number of amides is 1. The Morgan fingerprint density at radius 2 is 1.69 bits per heavy atom. The highest BCUT2D eigenvalue weighted by Crippen LogP contribution is 2.33. The Labute approximate surface area is 151 Å². The first-order valence-electron chi connectivity index (χ1n) is 8.57. The Morgan fingerprint density at radius 3 is 2.27 bits per heavy atom. The molecule has 0 spiro atoms. The average Bonchev–Trinajstić information content (AvgIpc) is 3.08. The van der Waals surface area contributed by atoms with Crippen molar-refractivity contribution in [3.8, 4) is 0 Å². The van der Waals surface area contributed by atoms with Gasteiger partial charge in [-0.15, -0.1) is 0 Å². The molecule has 136 valence electrons. The predicted molar refractivity (Wildman–Crippen MR) is 96.7 cm³/mol. The van der Waals surface area contributed by atoms with Crippen LogP contribution in [0.15, 0.2) is 53.6 Å². The first-order valence-corrected chi connectivity index (χ1v) is 8.57. The molecule has 1 atom stereocenters. The number of hydrogen-bond acceptors (Lipinski definition) is 3. The molecule has 26 heavy (non-hydrogen) atoms. The van der Waals surface area contributed by atoms with Crippen molar-refractivity contribution in [1.82, 2.24) is 9.91 Å². The molecule has 0 aromatic heterocycles. The van der Waals surface area contributed by atoms with Crippen molar-refractivity contribution in [3.63, 3.8) is 0 Å². The number of benzene rings is 2. The molecule has 0 saturated carbocycles. The first kappa shape index (κ1) is 18.2. The van der Waals surface area contributed by atoms with Gasteiger partial charge in [0.15, 0.2) is 0 Å². The Bertz CT molecular complexity index is 803. The van der Waals surface area contributed by atoms with Crippen LogP contribution in [0.25, 0.3) is 0 Å². The van der Waals surface area contributed by atoms with E-state index < -0.39 is 0 Å². The summed E-state index contributed by atoms with van der Waals surface area (Å²) in [6, 6.07) is 11.9. The summed E-state index contributed by atoms with van der Waals surface area (Å²) >= 11 is 0. The van der Waals surface area contributed by atoms with Gasteiger partial charge in [0.1, 0.15) is 11.6 Å². The summed E-state index contributed by atoms with van der Waals surface area (Å²) in [5.74, 6) is -0.768. The van der Waals surface area contributed by atoms with Crippen LogP contribution in [0.3, 0.4) is 0 Å². The summed E-state index contributed by atoms with van der Waals surface area (Å²) < 4.78 is 26.5. The van der Waals surface area contributed by atoms with E-state index >= 15 is 0 Å². The molecule has 0 fully saturated rings. The normalized spacial score (nSPS) is 16.9. The summed E-state index contributed by atoms with van der Waals surface area (Å²) in [4.78, 5) is 14.6. The predicted octanol–water partition coefficient (Wildman–Crippen LogP) is 3.59. The van der Waals surface area contributed by atoms with Gasteiger partial charge in [0, 0.05) is 6.42 Å². The van der Waals surface area contributed by atoms with E-state index in [1.165, 1.54) is 29.3 Å². The zero-order valence-corrected chi connectivity index (χ0v) is 14.8. The third kappa shape index (κ3) is 3.96. The molecule has 1 heterocycles. The Morgan fingerprint density at radius 1 is 1.12 bits per heavy atom. The van der Waals surface area contributed by atoms with Gasteiger partial charge in [-0.25, -0.2) is 13.8 Å². The standard InChI is InChI=1S/C20H21F2N3O/c1-3-24(2)13-20(26)25-19(15-6-10-17(22)11-7-15)12-18(23-25)14-4-8-16(21)9-5-14/h4-11,19H,3,12-13H2,1-2H3. The fraction of sp³-hybridized carbons (Fsp3) is 0.300. The van der Waals surface area contributed by atoms with Crippen molar-refractivity contribution >= 4 is 11.6 Å². The molecule has 6 heteroatoms. The maximum absolute atomic E-state index is 13.3. The molecule has 0 bridgehead atoms. The van der Waals surface area contributed by atoms with E-state index in [1.807, 2.05) is 18.9 Å². The van der Waals surface area contributed by atoms with E-state index in [1.54, 1.807) is 24.3 Å². The largest absolute Gasteiger partial charge is 0.298 e. The van der Waals surface area contributed by atoms with Gasteiger partial charge in [-0.05, 0) is 49.0 Å². The minimum atomic E-state index is -0.324. The second kappa shape index (κ2) is 7.74. The van der Waals surface area contributed by atoms with Gasteiger partial charge in [0.05, 0.1) is 18.3 Å². The number of nitrogens with zero attached hydrogens (tertiary/aromatic N) is 3. The lowest BCUT2D eigenvalue weighted by Crippen LogP contribution is -2.36. The van der Waals surface area contributed by atoms with Crippen LogP contribution in [0.2, 0.25) is 0 Å². The summed E-state index contributed by atoms with van der Waals surface area (Å²) in [6.45, 7) is 2.96. The van der Waals surface area contributed by atoms with E-state index in [2.05, 4.69) is 5.10 Å². The van der Waals surface area contributed by atoms with Gasteiger partial charge in [-0.1, -0.05) is 31.2 Å². The topological polar surface area (TPSA) is 35.9 Å². The Kier molecular flexibility index (Phi) is 5.42. The third-order valence-corrected chi connectivity index (χ3v) is 4.54. The minimum Gasteiger partial charge on any atom is -0.298 e. The molecular formula is C20H21F2N3O. The van der Waals surface area contributed by atoms with E-state index in [-0.39, 0.29) is 30.1 Å². The first-order chi connectivity index (χ1) is 12.5. The summed E-state index contributed by atoms with van der Waals surface area (Å²) in [7, 11) is 1.87. The number of halogens is 2. The molecular weight excluding hydrogens is 336 g/mol. The molecule has 2 aromatic carbocycles. The number of likely N-dealkylation sites (N-methyl/N-ethyl adjacent to an activating group) is 1. The molecule has 1 unspecified atom stereocenters. The average molecular weight is 357 g/mol. The number of carbonyl (C=O) groups excluding carboxylic acids is 1. The molecule has 0 aliphatic carbocycles. The van der Waals surface area contributed by atoms with Crippen LogP contribution < -0.4 is 0 Å². The van der Waals surface area contributed by atoms with Crippen LogP contribution in [-0.4, -0.2) is 41.7 Å². The van der Waals surface area contributed by atoms with Crippen LogP contribution in [0, 0.1) is 11.6 Å². The van der Waals surface area contributed by atoms with Gasteiger partial charge < -0.3 is 0 Å². The SMILES string of the molecule is CCN(C)CC(=O)N1N=C(c2ccc(F)cc2)CC1c1ccc(F)cc1. The molecule has 1 aliphatic rings. The maximum atomic E-state index is 13.3. The fourth-order valence-corrected chi connectivity index (χ4v) is 2.92. The van der Waals surface area contributed by atoms with Crippen LogP contribution in [-0.2, 0) is 4.79 Å². The summed E-state index contributed by atoms with van der Waals surface area (Å²) in [6.07, 6.45) is 0.499. The zero-order chi connectivity index (χ0) is 18.7. The van der Waals surface area contributed by atoms with Gasteiger partial charge in [0.25, 0.3) is 5.91 Å². The van der Waals surface area contributed by atoms with Crippen molar-refractivity contribution in [3.05, 3.63) is 71.3 Å². The molecule has 1 amide bonds. The Hall–Kier alpha value is -2.60. The van der Waals surface area contributed by atoms with Crippen LogP contribution >= 0.6 is 0 Å². The maximum Gasteiger partial charge on any atom is 0.257 e. The van der Waals surface area contributed by atoms with Crippen LogP contribution in [0.1, 0.15) is 30.5 Å². The van der Waals surface area contributed by atoms with E-state index in [0.29, 0.717) is 12.1 Å². The highest BCUT2D eigenvalue weighted by atomic mass is 19.1. The number of carbonyl (C=O) groups is 1. The molecule has 0 saturated heterocycles. The second-order valence-corrected chi connectivity index (χ2v) is 6.39. The lowest BCUT2D eigenvalue weighted by molar-refractivity contribution is -0.133. The highest BCUT2D eigenvalue weighted by molar-refractivity contribution is 6.03. The minimum absolute atomic E-state index is 0.124. The van der Waals surface area contributed by atoms with Crippen molar-refractivity contribution in [1.29, 1.82) is 0 Å². The van der Waals surface area contributed by atoms with Gasteiger partial charge in [-0.2, -0.15) is 5.10 Å². The lowest BCUT2D eigenvalue weighted by atomic mass is 9.98. The van der Waals surface area contributed by atoms with Crippen molar-refractivity contribution in [2.75, 3.05) is 20.1 Å². The fourth-order valence-electron chi connectivity index (χ4n) is 2.92. The lowest BCUT2D eigenvalue weighted by Gasteiger charge is -2.24. The molecule has 2 aromatic rings. The highest BCUT2D eigenvalue weighted by Gasteiger charge is 2.33. The smallest absolute Gasteiger partial charge is 0.257 e. The van der Waals surface area contributed by atoms with E-state index in [0.717, 1.165) is 17.7 Å². The molecule has 4 nitrogen and oxygen atoms in total. The van der Waals surface area contributed by atoms with Crippen molar-refractivity contribution < 1.29 is 13.6 Å². The zero-order valence-electron chi connectivity index (χ0n) is 14.8. The molecule has 0 radical (unpaired) electrons. The van der Waals surface area contributed by atoms with Gasteiger partial charge in [-0.3, -0.25) is 9.69 Å². The molecule has 1 aliphatic heterocycles. The van der Waals surface area contributed by atoms with Crippen LogP contribution in [0.5, 0.6) is 0 Å². The second-order valence-electron chi connectivity index (χ2n) is 6.39. The van der Waals surface area contributed by atoms with Crippen molar-refractivity contribution in [2.24, 2.45) is 5.10 Å². The summed E-state index contributed by atoms with van der Waals surface area (Å²) in [5, 5.41) is 5.98. The number of hydrazone groups is 1. The number of rotatable bonds is 5. The summed E-state index contributed by atoms with van der Waals surface area (Å²) in [5.41, 5.74) is 2.31. The Balaban J connectivity index is 1.91.